The van der Waals surface area contributed by atoms with Crippen molar-refractivity contribution in [2.75, 3.05) is 21.9 Å². The van der Waals surface area contributed by atoms with Crippen molar-refractivity contribution in [1.82, 2.24) is 4.98 Å². The summed E-state index contributed by atoms with van der Waals surface area (Å²) in [6.07, 6.45) is 3.89. The molecule has 1 aliphatic heterocycles. The van der Waals surface area contributed by atoms with Crippen molar-refractivity contribution in [2.45, 2.75) is 19.3 Å². The Morgan fingerprint density at radius 3 is 2.61 bits per heavy atom. The molecule has 0 aliphatic carbocycles. The predicted molar refractivity (Wildman–Crippen MR) is 129 cm³/mol. The lowest BCUT2D eigenvalue weighted by molar-refractivity contribution is 0.102. The number of nitrogens with one attached hydrogen (secondary N) is 1. The van der Waals surface area contributed by atoms with E-state index in [1.165, 1.54) is 10.5 Å². The molecule has 9 heteroatoms. The summed E-state index contributed by atoms with van der Waals surface area (Å²) in [5.74, 6) is -0.201. The molecule has 7 nitrogen and oxygen atoms in total. The number of sulfonamides is 1. The maximum atomic E-state index is 12.8. The van der Waals surface area contributed by atoms with Crippen LogP contribution in [0.15, 0.2) is 60.8 Å². The molecule has 33 heavy (non-hydrogen) atoms. The van der Waals surface area contributed by atoms with E-state index in [1.807, 2.05) is 0 Å². The maximum Gasteiger partial charge on any atom is 0.255 e. The first kappa shape index (κ1) is 22.8. The van der Waals surface area contributed by atoms with Crippen molar-refractivity contribution >= 4 is 38.9 Å². The quantitative estimate of drug-likeness (QED) is 0.575. The third-order valence-electron chi connectivity index (χ3n) is 5.41. The van der Waals surface area contributed by atoms with E-state index in [1.54, 1.807) is 54.6 Å². The molecule has 2 heterocycles. The van der Waals surface area contributed by atoms with Crippen LogP contribution in [0.2, 0.25) is 5.02 Å². The number of nitriles is 1. The second-order valence-corrected chi connectivity index (χ2v) is 10.1. The van der Waals surface area contributed by atoms with Crippen LogP contribution < -0.4 is 9.62 Å². The molecule has 2 aromatic carbocycles. The summed E-state index contributed by atoms with van der Waals surface area (Å²) in [5, 5.41) is 12.4. The minimum atomic E-state index is -3.34. The molecule has 0 spiro atoms. The third kappa shape index (κ3) is 5.16. The number of amides is 1. The number of aromatic nitrogens is 1. The first-order valence-electron chi connectivity index (χ1n) is 10.5. The lowest BCUT2D eigenvalue weighted by Crippen LogP contribution is -2.32. The van der Waals surface area contributed by atoms with Crippen molar-refractivity contribution in [3.63, 3.8) is 0 Å². The van der Waals surface area contributed by atoms with E-state index in [0.29, 0.717) is 51.7 Å². The Bertz CT molecular complexity index is 1330. The van der Waals surface area contributed by atoms with Gasteiger partial charge in [0.2, 0.25) is 10.0 Å². The highest BCUT2D eigenvalue weighted by Gasteiger charge is 2.24. The maximum absolute atomic E-state index is 12.8. The number of nitrogens with zero attached hydrogens (tertiary/aromatic N) is 3. The highest BCUT2D eigenvalue weighted by Crippen LogP contribution is 2.30. The minimum absolute atomic E-state index is 0.139. The summed E-state index contributed by atoms with van der Waals surface area (Å²) in [6.45, 7) is 0.447. The van der Waals surface area contributed by atoms with Crippen LogP contribution in [0.5, 0.6) is 0 Å². The van der Waals surface area contributed by atoms with Crippen molar-refractivity contribution in [1.29, 1.82) is 5.26 Å². The minimum Gasteiger partial charge on any atom is -0.322 e. The fourth-order valence-electron chi connectivity index (χ4n) is 3.68. The molecule has 0 unspecified atom stereocenters. The number of halogens is 1. The Labute approximate surface area is 197 Å². The lowest BCUT2D eigenvalue weighted by atomic mass is 10.1. The molecule has 4 rings (SSSR count). The van der Waals surface area contributed by atoms with E-state index in [2.05, 4.69) is 16.4 Å². The summed E-state index contributed by atoms with van der Waals surface area (Å²) in [4.78, 5) is 17.0. The summed E-state index contributed by atoms with van der Waals surface area (Å²) in [7, 11) is -3.34. The van der Waals surface area contributed by atoms with Gasteiger partial charge >= 0.3 is 0 Å². The summed E-state index contributed by atoms with van der Waals surface area (Å²) < 4.78 is 26.4. The molecule has 1 fully saturated rings. The molecule has 0 radical (unpaired) electrons. The topological polar surface area (TPSA) is 103 Å². The fourth-order valence-corrected chi connectivity index (χ4v) is 5.54. The van der Waals surface area contributed by atoms with E-state index < -0.39 is 10.0 Å². The molecule has 1 N–H and O–H groups in total. The van der Waals surface area contributed by atoms with Crippen LogP contribution in [-0.4, -0.2) is 31.6 Å². The van der Waals surface area contributed by atoms with Crippen molar-refractivity contribution in [3.8, 4) is 17.3 Å². The summed E-state index contributed by atoms with van der Waals surface area (Å²) in [6, 6.07) is 16.9. The zero-order valence-corrected chi connectivity index (χ0v) is 19.2. The number of hydrogen-bond donors (Lipinski definition) is 1. The average molecular weight is 481 g/mol. The van der Waals surface area contributed by atoms with Gasteiger partial charge in [0.1, 0.15) is 0 Å². The Hall–Kier alpha value is -3.41. The van der Waals surface area contributed by atoms with Crippen LogP contribution in [0.1, 0.15) is 35.2 Å². The van der Waals surface area contributed by atoms with E-state index in [-0.39, 0.29) is 11.7 Å². The van der Waals surface area contributed by atoms with Crippen LogP contribution in [0.4, 0.5) is 11.4 Å². The normalized spacial score (nSPS) is 15.3. The summed E-state index contributed by atoms with van der Waals surface area (Å²) >= 11 is 6.32. The van der Waals surface area contributed by atoms with Gasteiger partial charge in [-0.3, -0.25) is 14.1 Å². The molecule has 0 saturated carbocycles. The standard InChI is InChI=1S/C24H21ClN4O3S/c25-22-9-6-19(15-21(22)23-14-17(16-26)10-11-27-23)28-24(30)18-4-7-20(8-5-18)29-12-2-1-3-13-33(29,31)32/h4-11,14-15H,1-3,12-13H2,(H,28,30). The van der Waals surface area contributed by atoms with Crippen LogP contribution in [0.25, 0.3) is 11.3 Å². The average Bonchev–Trinajstić information content (AvgIpc) is 3.00. The van der Waals surface area contributed by atoms with Gasteiger partial charge in [0.15, 0.2) is 0 Å². The Balaban J connectivity index is 1.53. The molecular weight excluding hydrogens is 460 g/mol. The van der Waals surface area contributed by atoms with E-state index in [4.69, 9.17) is 16.9 Å². The SMILES string of the molecule is N#Cc1ccnc(-c2cc(NC(=O)c3ccc(N4CCCCCS4(=O)=O)cc3)ccc2Cl)c1. The molecular formula is C24H21ClN4O3S. The monoisotopic (exact) mass is 480 g/mol. The zero-order chi connectivity index (χ0) is 23.4. The van der Waals surface area contributed by atoms with Crippen molar-refractivity contribution in [2.24, 2.45) is 0 Å². The molecule has 1 aliphatic rings. The van der Waals surface area contributed by atoms with Gasteiger partial charge in [-0.1, -0.05) is 18.0 Å². The third-order valence-corrected chi connectivity index (χ3v) is 7.61. The molecule has 3 aromatic rings. The number of rotatable bonds is 4. The molecule has 0 bridgehead atoms. The van der Waals surface area contributed by atoms with E-state index >= 15 is 0 Å². The van der Waals surface area contributed by atoms with Crippen LogP contribution in [0, 0.1) is 11.3 Å². The van der Waals surface area contributed by atoms with Gasteiger partial charge in [-0.15, -0.1) is 0 Å². The number of anilines is 2. The van der Waals surface area contributed by atoms with Gasteiger partial charge in [0, 0.05) is 29.6 Å². The molecule has 168 valence electrons. The molecule has 0 atom stereocenters. The number of hydrogen-bond acceptors (Lipinski definition) is 5. The zero-order valence-electron chi connectivity index (χ0n) is 17.7. The molecule has 1 amide bonds. The van der Waals surface area contributed by atoms with Gasteiger partial charge in [-0.05, 0) is 67.4 Å². The van der Waals surface area contributed by atoms with Gasteiger partial charge in [0.25, 0.3) is 5.91 Å². The highest BCUT2D eigenvalue weighted by atomic mass is 35.5. The van der Waals surface area contributed by atoms with Crippen LogP contribution in [-0.2, 0) is 10.0 Å². The largest absolute Gasteiger partial charge is 0.322 e. The molecule has 1 aromatic heterocycles. The second-order valence-electron chi connectivity index (χ2n) is 7.69. The van der Waals surface area contributed by atoms with Crippen molar-refractivity contribution < 1.29 is 13.2 Å². The number of carbonyl (C=O) groups is 1. The Kier molecular flexibility index (Phi) is 6.63. The first-order valence-corrected chi connectivity index (χ1v) is 12.4. The Morgan fingerprint density at radius 2 is 1.85 bits per heavy atom. The Morgan fingerprint density at radius 1 is 1.06 bits per heavy atom. The highest BCUT2D eigenvalue weighted by molar-refractivity contribution is 7.92. The second kappa shape index (κ2) is 9.61. The number of pyridine rings is 1. The lowest BCUT2D eigenvalue weighted by Gasteiger charge is -2.22. The fraction of sp³-hybridized carbons (Fsp3) is 0.208. The van der Waals surface area contributed by atoms with Gasteiger partial charge in [-0.25, -0.2) is 8.42 Å². The first-order chi connectivity index (χ1) is 15.9. The molecule has 1 saturated heterocycles. The van der Waals surface area contributed by atoms with Crippen molar-refractivity contribution in [3.05, 3.63) is 76.9 Å². The van der Waals surface area contributed by atoms with E-state index in [0.717, 1.165) is 12.8 Å². The van der Waals surface area contributed by atoms with Crippen LogP contribution in [0.3, 0.4) is 0 Å². The van der Waals surface area contributed by atoms with Gasteiger partial charge in [0.05, 0.1) is 33.8 Å². The number of benzene rings is 2. The van der Waals surface area contributed by atoms with E-state index in [9.17, 15) is 13.2 Å². The predicted octanol–water partition coefficient (Wildman–Crippen LogP) is 4.85. The summed E-state index contributed by atoms with van der Waals surface area (Å²) in [5.41, 5.74) is 3.05. The van der Waals surface area contributed by atoms with Crippen LogP contribution >= 0.6 is 11.6 Å². The smallest absolute Gasteiger partial charge is 0.255 e. The van der Waals surface area contributed by atoms with Gasteiger partial charge < -0.3 is 5.32 Å². The number of carbonyl (C=O) groups excluding carboxylic acids is 1. The van der Waals surface area contributed by atoms with Gasteiger partial charge in [-0.2, -0.15) is 5.26 Å².